The van der Waals surface area contributed by atoms with Crippen molar-refractivity contribution in [2.75, 3.05) is 25.0 Å². The maximum absolute atomic E-state index is 13.2. The minimum atomic E-state index is -0.0592. The number of piperidine rings is 1. The molecule has 4 nitrogen and oxygen atoms in total. The Hall–Kier alpha value is -1.95. The monoisotopic (exact) mass is 382 g/mol. The number of aliphatic hydroxyl groups excluding tert-OH is 1. The van der Waals surface area contributed by atoms with Crippen LogP contribution in [-0.4, -0.2) is 35.7 Å². The largest absolute Gasteiger partial charge is 0.392 e. The number of hydrogen-bond acceptors (Lipinski definition) is 5. The number of likely N-dealkylation sites (tertiary alicyclic amines) is 1. The summed E-state index contributed by atoms with van der Waals surface area (Å²) < 4.78 is 1.85. The van der Waals surface area contributed by atoms with Crippen molar-refractivity contribution in [1.82, 2.24) is 4.90 Å². The lowest BCUT2D eigenvalue weighted by molar-refractivity contribution is 0.167. The lowest BCUT2D eigenvalue weighted by atomic mass is 10.0. The van der Waals surface area contributed by atoms with Gasteiger partial charge in [0.25, 0.3) is 0 Å². The van der Waals surface area contributed by atoms with E-state index < -0.39 is 0 Å². The first kappa shape index (κ1) is 18.4. The van der Waals surface area contributed by atoms with E-state index in [4.69, 9.17) is 0 Å². The fraction of sp³-hybridized carbons (Fsp3) is 0.409. The average molecular weight is 383 g/mol. The van der Waals surface area contributed by atoms with Gasteiger partial charge in [-0.3, -0.25) is 9.69 Å². The Morgan fingerprint density at radius 1 is 1.22 bits per heavy atom. The van der Waals surface area contributed by atoms with Crippen molar-refractivity contribution in [2.24, 2.45) is 0 Å². The minimum absolute atomic E-state index is 0.0449. The highest BCUT2D eigenvalue weighted by Gasteiger charge is 2.18. The molecule has 0 amide bonds. The fourth-order valence-corrected chi connectivity index (χ4v) is 5.26. The van der Waals surface area contributed by atoms with Crippen molar-refractivity contribution >= 4 is 37.2 Å². The molecule has 1 aromatic heterocycles. The zero-order valence-electron chi connectivity index (χ0n) is 15.7. The van der Waals surface area contributed by atoms with Crippen molar-refractivity contribution in [1.29, 1.82) is 0 Å². The molecule has 0 radical (unpaired) electrons. The molecule has 1 fully saturated rings. The molecule has 5 heteroatoms. The van der Waals surface area contributed by atoms with E-state index in [0.717, 1.165) is 45.7 Å². The van der Waals surface area contributed by atoms with Gasteiger partial charge in [0.05, 0.1) is 12.0 Å². The highest BCUT2D eigenvalue weighted by molar-refractivity contribution is 7.24. The van der Waals surface area contributed by atoms with Gasteiger partial charge in [0.15, 0.2) is 5.43 Å². The summed E-state index contributed by atoms with van der Waals surface area (Å²) in [5, 5.41) is 14.7. The number of benzene rings is 2. The van der Waals surface area contributed by atoms with Crippen LogP contribution in [0.2, 0.25) is 0 Å². The van der Waals surface area contributed by atoms with Gasteiger partial charge in [0.2, 0.25) is 0 Å². The summed E-state index contributed by atoms with van der Waals surface area (Å²) in [7, 11) is 0. The van der Waals surface area contributed by atoms with Gasteiger partial charge in [0, 0.05) is 39.6 Å². The second-order valence-corrected chi connectivity index (χ2v) is 8.42. The van der Waals surface area contributed by atoms with Gasteiger partial charge < -0.3 is 10.4 Å². The van der Waals surface area contributed by atoms with E-state index in [0.29, 0.717) is 11.4 Å². The molecule has 2 N–H and O–H groups in total. The molecule has 1 atom stereocenters. The standard InChI is InChI=1S/C22H26N2O2S/c1-15-6-4-5-12-24(15)13-11-23-18-10-9-16(14-25)22-20(18)21(26)17-7-2-3-8-19(17)27-22/h2-3,7-10,15,23,25H,4-6,11-14H2,1H3/t15-/m0/s1. The molecule has 142 valence electrons. The van der Waals surface area contributed by atoms with Crippen LogP contribution in [0.5, 0.6) is 0 Å². The first-order chi connectivity index (χ1) is 13.2. The van der Waals surface area contributed by atoms with Gasteiger partial charge in [-0.15, -0.1) is 11.3 Å². The maximum atomic E-state index is 13.2. The topological polar surface area (TPSA) is 52.6 Å². The van der Waals surface area contributed by atoms with Gasteiger partial charge in [-0.2, -0.15) is 0 Å². The summed E-state index contributed by atoms with van der Waals surface area (Å²) >= 11 is 1.58. The van der Waals surface area contributed by atoms with Gasteiger partial charge in [-0.25, -0.2) is 0 Å². The Labute approximate surface area is 163 Å². The molecular weight excluding hydrogens is 356 g/mol. The fourth-order valence-electron chi connectivity index (χ4n) is 4.05. The molecule has 0 saturated carbocycles. The van der Waals surface area contributed by atoms with Crippen LogP contribution >= 0.6 is 11.3 Å². The highest BCUT2D eigenvalue weighted by Crippen LogP contribution is 2.32. The molecular formula is C22H26N2O2S. The third-order valence-electron chi connectivity index (χ3n) is 5.64. The first-order valence-electron chi connectivity index (χ1n) is 9.75. The molecule has 1 saturated heterocycles. The van der Waals surface area contributed by atoms with E-state index in [2.05, 4.69) is 17.1 Å². The zero-order chi connectivity index (χ0) is 18.8. The molecule has 2 aromatic carbocycles. The number of nitrogens with one attached hydrogen (secondary N) is 1. The molecule has 1 aliphatic heterocycles. The summed E-state index contributed by atoms with van der Waals surface area (Å²) in [5.41, 5.74) is 1.73. The Morgan fingerprint density at radius 3 is 2.89 bits per heavy atom. The minimum Gasteiger partial charge on any atom is -0.392 e. The normalized spacial score (nSPS) is 18.2. The average Bonchev–Trinajstić information content (AvgIpc) is 2.69. The maximum Gasteiger partial charge on any atom is 0.197 e. The van der Waals surface area contributed by atoms with E-state index in [1.54, 1.807) is 11.3 Å². The van der Waals surface area contributed by atoms with Crippen LogP contribution in [-0.2, 0) is 6.61 Å². The summed E-state index contributed by atoms with van der Waals surface area (Å²) in [6.45, 7) is 5.20. The van der Waals surface area contributed by atoms with Crippen LogP contribution in [0.4, 0.5) is 5.69 Å². The summed E-state index contributed by atoms with van der Waals surface area (Å²) in [6, 6.07) is 12.2. The molecule has 0 spiro atoms. The van der Waals surface area contributed by atoms with E-state index in [9.17, 15) is 9.90 Å². The van der Waals surface area contributed by atoms with Gasteiger partial charge in [-0.1, -0.05) is 24.6 Å². The second-order valence-electron chi connectivity index (χ2n) is 7.37. The molecule has 27 heavy (non-hydrogen) atoms. The van der Waals surface area contributed by atoms with Crippen molar-refractivity contribution in [2.45, 2.75) is 38.8 Å². The SMILES string of the molecule is C[C@H]1CCCCN1CCNc1ccc(CO)c2sc3ccccc3c(=O)c12. The number of nitrogens with zero attached hydrogens (tertiary/aromatic N) is 1. The molecule has 1 aliphatic rings. The number of aliphatic hydroxyl groups is 1. The number of rotatable bonds is 5. The molecule has 2 heterocycles. The predicted molar refractivity (Wildman–Crippen MR) is 115 cm³/mol. The van der Waals surface area contributed by atoms with Crippen molar-refractivity contribution in [3.05, 3.63) is 52.2 Å². The Bertz CT molecular complexity index is 1010. The van der Waals surface area contributed by atoms with Crippen molar-refractivity contribution in [3.63, 3.8) is 0 Å². The van der Waals surface area contributed by atoms with Gasteiger partial charge in [0.1, 0.15) is 0 Å². The number of hydrogen-bond donors (Lipinski definition) is 2. The lowest BCUT2D eigenvalue weighted by Gasteiger charge is -2.33. The Morgan fingerprint density at radius 2 is 2.07 bits per heavy atom. The molecule has 3 aromatic rings. The van der Waals surface area contributed by atoms with Crippen LogP contribution in [0.3, 0.4) is 0 Å². The number of anilines is 1. The third-order valence-corrected chi connectivity index (χ3v) is 6.88. The predicted octanol–water partition coefficient (Wildman–Crippen LogP) is 4.19. The number of fused-ring (bicyclic) bond motifs is 2. The van der Waals surface area contributed by atoms with Crippen LogP contribution in [0, 0.1) is 0 Å². The highest BCUT2D eigenvalue weighted by atomic mass is 32.1. The Balaban J connectivity index is 1.68. The molecule has 4 rings (SSSR count). The van der Waals surface area contributed by atoms with Crippen LogP contribution < -0.4 is 10.7 Å². The second kappa shape index (κ2) is 7.97. The van der Waals surface area contributed by atoms with E-state index in [-0.39, 0.29) is 12.0 Å². The molecule has 0 aliphatic carbocycles. The smallest absolute Gasteiger partial charge is 0.197 e. The lowest BCUT2D eigenvalue weighted by Crippen LogP contribution is -2.40. The quantitative estimate of drug-likeness (QED) is 0.650. The third kappa shape index (κ3) is 3.59. The van der Waals surface area contributed by atoms with Gasteiger partial charge in [-0.05, 0) is 50.1 Å². The molecule has 0 unspecified atom stereocenters. The first-order valence-corrected chi connectivity index (χ1v) is 10.6. The Kier molecular flexibility index (Phi) is 5.43. The summed E-state index contributed by atoms with van der Waals surface area (Å²) in [6.07, 6.45) is 3.87. The van der Waals surface area contributed by atoms with Crippen molar-refractivity contribution < 1.29 is 5.11 Å². The van der Waals surface area contributed by atoms with E-state index in [1.165, 1.54) is 19.3 Å². The summed E-state index contributed by atoms with van der Waals surface area (Å²) in [4.78, 5) is 15.7. The van der Waals surface area contributed by atoms with Crippen LogP contribution in [0.25, 0.3) is 20.2 Å². The van der Waals surface area contributed by atoms with Gasteiger partial charge >= 0.3 is 0 Å². The van der Waals surface area contributed by atoms with E-state index in [1.807, 2.05) is 36.4 Å². The van der Waals surface area contributed by atoms with Crippen LogP contribution in [0.15, 0.2) is 41.2 Å². The summed E-state index contributed by atoms with van der Waals surface area (Å²) in [5.74, 6) is 0. The van der Waals surface area contributed by atoms with Crippen LogP contribution in [0.1, 0.15) is 31.7 Å². The zero-order valence-corrected chi connectivity index (χ0v) is 16.5. The van der Waals surface area contributed by atoms with E-state index >= 15 is 0 Å². The van der Waals surface area contributed by atoms with Crippen molar-refractivity contribution in [3.8, 4) is 0 Å². The molecule has 0 bridgehead atoms.